The molecule has 0 aromatic carbocycles. The molecule has 3 heterocycles. The molecule has 4 rings (SSSR count). The Hall–Kier alpha value is -1.10. The molecule has 2 aliphatic heterocycles. The standard InChI is InChI=1S/C18H33N5/c1-6-13(4)17-19-20-18(22-12-15-9-16(22)10-15)23(17)11-14(5)21(7-2)8-3/h13-16H,6-12H2,1-5H3. The molecule has 3 fully saturated rings. The number of anilines is 1. The lowest BCUT2D eigenvalue weighted by atomic mass is 9.86. The first kappa shape index (κ1) is 16.7. The summed E-state index contributed by atoms with van der Waals surface area (Å²) in [6, 6.07) is 1.23. The normalized spacial score (nSPS) is 25.7. The van der Waals surface area contributed by atoms with Gasteiger partial charge < -0.3 is 4.90 Å². The molecule has 2 atom stereocenters. The van der Waals surface area contributed by atoms with Gasteiger partial charge in [-0.2, -0.15) is 0 Å². The van der Waals surface area contributed by atoms with Crippen molar-refractivity contribution in [2.75, 3.05) is 24.5 Å². The fraction of sp³-hybridized carbons (Fsp3) is 0.889. The first-order valence-electron chi connectivity index (χ1n) is 9.52. The van der Waals surface area contributed by atoms with Crippen LogP contribution in [0.25, 0.3) is 0 Å². The minimum atomic E-state index is 0.470. The highest BCUT2D eigenvalue weighted by Crippen LogP contribution is 2.43. The molecule has 0 spiro atoms. The van der Waals surface area contributed by atoms with Crippen molar-refractivity contribution >= 4 is 5.95 Å². The fourth-order valence-corrected chi connectivity index (χ4v) is 4.24. The van der Waals surface area contributed by atoms with Crippen LogP contribution in [-0.2, 0) is 6.54 Å². The van der Waals surface area contributed by atoms with E-state index in [0.29, 0.717) is 12.0 Å². The van der Waals surface area contributed by atoms with E-state index in [4.69, 9.17) is 0 Å². The van der Waals surface area contributed by atoms with Gasteiger partial charge in [-0.05, 0) is 45.2 Å². The lowest BCUT2D eigenvalue weighted by Gasteiger charge is -2.30. The second-order valence-corrected chi connectivity index (χ2v) is 7.49. The van der Waals surface area contributed by atoms with Gasteiger partial charge in [0.1, 0.15) is 5.82 Å². The van der Waals surface area contributed by atoms with Gasteiger partial charge >= 0.3 is 0 Å². The number of aromatic nitrogens is 3. The van der Waals surface area contributed by atoms with Crippen LogP contribution in [0, 0.1) is 5.92 Å². The summed E-state index contributed by atoms with van der Waals surface area (Å²) >= 11 is 0. The quantitative estimate of drug-likeness (QED) is 0.738. The maximum atomic E-state index is 4.63. The van der Waals surface area contributed by atoms with Crippen molar-refractivity contribution in [2.24, 2.45) is 5.92 Å². The fourth-order valence-electron chi connectivity index (χ4n) is 4.24. The molecule has 1 saturated carbocycles. The van der Waals surface area contributed by atoms with Crippen LogP contribution in [0.4, 0.5) is 5.95 Å². The molecular formula is C18H33N5. The summed E-state index contributed by atoms with van der Waals surface area (Å²) in [6.45, 7) is 15.7. The predicted octanol–water partition coefficient (Wildman–Crippen LogP) is 3.12. The molecule has 5 heteroatoms. The van der Waals surface area contributed by atoms with Crippen LogP contribution in [0.2, 0.25) is 0 Å². The Morgan fingerprint density at radius 3 is 2.35 bits per heavy atom. The molecule has 2 saturated heterocycles. The number of nitrogens with zero attached hydrogens (tertiary/aromatic N) is 5. The molecule has 1 aromatic heterocycles. The molecule has 1 aromatic rings. The van der Waals surface area contributed by atoms with E-state index in [1.165, 1.54) is 25.2 Å². The van der Waals surface area contributed by atoms with Crippen molar-refractivity contribution in [3.8, 4) is 0 Å². The summed E-state index contributed by atoms with van der Waals surface area (Å²) in [7, 11) is 0. The van der Waals surface area contributed by atoms with E-state index in [0.717, 1.165) is 44.0 Å². The molecule has 3 aliphatic rings. The topological polar surface area (TPSA) is 37.2 Å². The van der Waals surface area contributed by atoms with Gasteiger partial charge in [-0.3, -0.25) is 9.47 Å². The molecular weight excluding hydrogens is 286 g/mol. The van der Waals surface area contributed by atoms with Crippen LogP contribution in [0.15, 0.2) is 0 Å². The number of likely N-dealkylation sites (N-methyl/N-ethyl adjacent to an activating group) is 1. The summed E-state index contributed by atoms with van der Waals surface area (Å²) in [5, 5.41) is 9.23. The second kappa shape index (κ2) is 6.80. The Kier molecular flexibility index (Phi) is 4.95. The Labute approximate surface area is 141 Å². The molecule has 0 radical (unpaired) electrons. The maximum Gasteiger partial charge on any atom is 0.227 e. The van der Waals surface area contributed by atoms with E-state index in [9.17, 15) is 0 Å². The van der Waals surface area contributed by atoms with E-state index >= 15 is 0 Å². The van der Waals surface area contributed by atoms with Gasteiger partial charge in [-0.1, -0.05) is 27.7 Å². The Bertz CT molecular complexity index is 515. The van der Waals surface area contributed by atoms with Crippen LogP contribution < -0.4 is 4.90 Å². The zero-order chi connectivity index (χ0) is 16.6. The van der Waals surface area contributed by atoms with Crippen LogP contribution in [0.1, 0.15) is 65.6 Å². The zero-order valence-corrected chi connectivity index (χ0v) is 15.5. The van der Waals surface area contributed by atoms with Gasteiger partial charge in [0.2, 0.25) is 5.95 Å². The van der Waals surface area contributed by atoms with Crippen LogP contribution in [0.3, 0.4) is 0 Å². The second-order valence-electron chi connectivity index (χ2n) is 7.49. The summed E-state index contributed by atoms with van der Waals surface area (Å²) in [4.78, 5) is 5.05. The van der Waals surface area contributed by atoms with Gasteiger partial charge in [-0.25, -0.2) is 0 Å². The molecule has 1 aliphatic carbocycles. The molecule has 0 amide bonds. The van der Waals surface area contributed by atoms with Gasteiger partial charge in [0, 0.05) is 31.1 Å². The van der Waals surface area contributed by atoms with Crippen LogP contribution in [-0.4, -0.2) is 51.4 Å². The first-order valence-corrected chi connectivity index (χ1v) is 9.52. The van der Waals surface area contributed by atoms with Gasteiger partial charge in [0.05, 0.1) is 0 Å². The van der Waals surface area contributed by atoms with Gasteiger partial charge in [-0.15, -0.1) is 10.2 Å². The lowest BCUT2D eigenvalue weighted by Crippen LogP contribution is -2.38. The van der Waals surface area contributed by atoms with E-state index in [2.05, 4.69) is 59.2 Å². The third kappa shape index (κ3) is 3.00. The highest BCUT2D eigenvalue weighted by atomic mass is 15.4. The monoisotopic (exact) mass is 319 g/mol. The highest BCUT2D eigenvalue weighted by Gasteiger charge is 2.44. The Morgan fingerprint density at radius 2 is 1.83 bits per heavy atom. The summed E-state index contributed by atoms with van der Waals surface area (Å²) in [5.74, 6) is 3.67. The van der Waals surface area contributed by atoms with Gasteiger partial charge in [0.15, 0.2) is 0 Å². The zero-order valence-electron chi connectivity index (χ0n) is 15.5. The third-order valence-electron chi connectivity index (χ3n) is 6.06. The summed E-state index contributed by atoms with van der Waals surface area (Å²) in [6.07, 6.45) is 3.83. The number of hydrogen-bond donors (Lipinski definition) is 0. The van der Waals surface area contributed by atoms with Crippen molar-refractivity contribution < 1.29 is 0 Å². The minimum absolute atomic E-state index is 0.470. The SMILES string of the molecule is CCC(C)c1nnc(N2CC3CC2C3)n1CC(C)N(CC)CC. The molecule has 130 valence electrons. The Morgan fingerprint density at radius 1 is 1.13 bits per heavy atom. The van der Waals surface area contributed by atoms with Crippen molar-refractivity contribution in [1.82, 2.24) is 19.7 Å². The van der Waals surface area contributed by atoms with Crippen molar-refractivity contribution in [3.63, 3.8) is 0 Å². The van der Waals surface area contributed by atoms with E-state index < -0.39 is 0 Å². The molecule has 0 N–H and O–H groups in total. The minimum Gasteiger partial charge on any atom is -0.338 e. The van der Waals surface area contributed by atoms with Crippen molar-refractivity contribution in [2.45, 2.75) is 78.4 Å². The maximum absolute atomic E-state index is 4.63. The summed E-state index contributed by atoms with van der Waals surface area (Å²) < 4.78 is 2.43. The van der Waals surface area contributed by atoms with E-state index in [1.807, 2.05) is 0 Å². The summed E-state index contributed by atoms with van der Waals surface area (Å²) in [5.41, 5.74) is 0. The van der Waals surface area contributed by atoms with E-state index in [-0.39, 0.29) is 0 Å². The van der Waals surface area contributed by atoms with Crippen molar-refractivity contribution in [1.29, 1.82) is 0 Å². The van der Waals surface area contributed by atoms with E-state index in [1.54, 1.807) is 0 Å². The number of rotatable bonds is 8. The molecule has 23 heavy (non-hydrogen) atoms. The average Bonchev–Trinajstić information content (AvgIpc) is 3.19. The van der Waals surface area contributed by atoms with Crippen molar-refractivity contribution in [3.05, 3.63) is 5.82 Å². The largest absolute Gasteiger partial charge is 0.338 e. The smallest absolute Gasteiger partial charge is 0.227 e. The average molecular weight is 319 g/mol. The number of fused-ring (bicyclic) bond motifs is 1. The molecule has 2 unspecified atom stereocenters. The first-order chi connectivity index (χ1) is 11.1. The van der Waals surface area contributed by atoms with Crippen LogP contribution >= 0.6 is 0 Å². The third-order valence-corrected chi connectivity index (χ3v) is 6.06. The van der Waals surface area contributed by atoms with Crippen LogP contribution in [0.5, 0.6) is 0 Å². The lowest BCUT2D eigenvalue weighted by molar-refractivity contribution is 0.209. The molecule has 2 bridgehead atoms. The Balaban J connectivity index is 1.86. The molecule has 5 nitrogen and oxygen atoms in total. The predicted molar refractivity (Wildman–Crippen MR) is 95.0 cm³/mol. The van der Waals surface area contributed by atoms with Gasteiger partial charge in [0.25, 0.3) is 0 Å². The number of hydrogen-bond acceptors (Lipinski definition) is 4. The highest BCUT2D eigenvalue weighted by molar-refractivity contribution is 5.39.